The van der Waals surface area contributed by atoms with E-state index < -0.39 is 0 Å². The van der Waals surface area contributed by atoms with E-state index in [9.17, 15) is 4.79 Å². The zero-order chi connectivity index (χ0) is 15.9. The van der Waals surface area contributed by atoms with E-state index in [1.165, 1.54) is 4.90 Å². The molecule has 6 nitrogen and oxygen atoms in total. The highest BCUT2D eigenvalue weighted by Gasteiger charge is 2.18. The quantitative estimate of drug-likeness (QED) is 0.763. The smallest absolute Gasteiger partial charge is 0.272 e. The van der Waals surface area contributed by atoms with E-state index in [0.717, 1.165) is 5.56 Å². The molecule has 1 aromatic carbocycles. The summed E-state index contributed by atoms with van der Waals surface area (Å²) < 4.78 is 5.30. The van der Waals surface area contributed by atoms with Gasteiger partial charge in [0.1, 0.15) is 11.4 Å². The predicted octanol–water partition coefficient (Wildman–Crippen LogP) is 1.71. The summed E-state index contributed by atoms with van der Waals surface area (Å²) in [5, 5.41) is 16.0. The van der Waals surface area contributed by atoms with Crippen molar-refractivity contribution in [3.05, 3.63) is 48.7 Å². The zero-order valence-electron chi connectivity index (χ0n) is 12.5. The van der Waals surface area contributed by atoms with Gasteiger partial charge in [-0.15, -0.1) is 6.58 Å². The van der Waals surface area contributed by atoms with Gasteiger partial charge in [-0.25, -0.2) is 0 Å². The van der Waals surface area contributed by atoms with Crippen LogP contribution in [0.5, 0.6) is 5.75 Å². The number of amides is 1. The first-order valence-electron chi connectivity index (χ1n) is 6.91. The molecule has 22 heavy (non-hydrogen) atoms. The highest BCUT2D eigenvalue weighted by Crippen LogP contribution is 2.28. The number of carbonyl (C=O) groups is 1. The normalized spacial score (nSPS) is 10.3. The van der Waals surface area contributed by atoms with Crippen LogP contribution < -0.4 is 4.74 Å². The van der Waals surface area contributed by atoms with Gasteiger partial charge in [-0.2, -0.15) is 5.10 Å². The lowest BCUT2D eigenvalue weighted by Crippen LogP contribution is -2.33. The van der Waals surface area contributed by atoms with Gasteiger partial charge in [0, 0.05) is 18.7 Å². The molecule has 0 bridgehead atoms. The van der Waals surface area contributed by atoms with E-state index in [1.807, 2.05) is 24.3 Å². The number of methoxy groups -OCH3 is 1. The average molecular weight is 301 g/mol. The summed E-state index contributed by atoms with van der Waals surface area (Å²) in [5.74, 6) is 0.453. The molecular weight excluding hydrogens is 282 g/mol. The third-order valence-corrected chi connectivity index (χ3v) is 3.20. The molecule has 2 aromatic rings. The number of ether oxygens (including phenoxy) is 1. The number of hydrogen-bond acceptors (Lipinski definition) is 4. The Morgan fingerprint density at radius 3 is 2.95 bits per heavy atom. The zero-order valence-corrected chi connectivity index (χ0v) is 12.5. The second-order valence-electron chi connectivity index (χ2n) is 4.63. The lowest BCUT2D eigenvalue weighted by molar-refractivity contribution is 0.0737. The van der Waals surface area contributed by atoms with Crippen molar-refractivity contribution in [2.75, 3.05) is 26.8 Å². The topological polar surface area (TPSA) is 78.4 Å². The summed E-state index contributed by atoms with van der Waals surface area (Å²) in [5.41, 5.74) is 1.79. The maximum absolute atomic E-state index is 12.4. The van der Waals surface area contributed by atoms with Crippen LogP contribution in [0.1, 0.15) is 10.5 Å². The molecule has 2 N–H and O–H groups in total. The maximum Gasteiger partial charge on any atom is 0.272 e. The fraction of sp³-hybridized carbons (Fsp3) is 0.250. The minimum Gasteiger partial charge on any atom is -0.496 e. The summed E-state index contributed by atoms with van der Waals surface area (Å²) in [6.07, 6.45) is 1.62. The first-order chi connectivity index (χ1) is 10.7. The van der Waals surface area contributed by atoms with Crippen LogP contribution in [0.4, 0.5) is 0 Å². The number of para-hydroxylation sites is 1. The fourth-order valence-corrected chi connectivity index (χ4v) is 2.15. The first kappa shape index (κ1) is 15.8. The highest BCUT2D eigenvalue weighted by molar-refractivity contribution is 5.93. The lowest BCUT2D eigenvalue weighted by Gasteiger charge is -2.18. The Labute approximate surface area is 129 Å². The van der Waals surface area contributed by atoms with Crippen molar-refractivity contribution in [1.82, 2.24) is 15.1 Å². The number of benzene rings is 1. The van der Waals surface area contributed by atoms with Crippen molar-refractivity contribution >= 4 is 5.91 Å². The maximum atomic E-state index is 12.4. The number of aromatic nitrogens is 2. The number of nitrogens with zero attached hydrogens (tertiary/aromatic N) is 2. The van der Waals surface area contributed by atoms with Crippen molar-refractivity contribution in [3.63, 3.8) is 0 Å². The molecule has 1 amide bonds. The largest absolute Gasteiger partial charge is 0.496 e. The van der Waals surface area contributed by atoms with E-state index in [4.69, 9.17) is 9.84 Å². The Kier molecular flexibility index (Phi) is 5.32. The van der Waals surface area contributed by atoms with E-state index in [1.54, 1.807) is 19.3 Å². The summed E-state index contributed by atoms with van der Waals surface area (Å²) in [6.45, 7) is 4.12. The average Bonchev–Trinajstić information content (AvgIpc) is 3.03. The minimum absolute atomic E-state index is 0.104. The van der Waals surface area contributed by atoms with Crippen LogP contribution in [-0.2, 0) is 0 Å². The third kappa shape index (κ3) is 3.35. The molecule has 0 saturated heterocycles. The highest BCUT2D eigenvalue weighted by atomic mass is 16.5. The van der Waals surface area contributed by atoms with Crippen LogP contribution in [-0.4, -0.2) is 52.9 Å². The second-order valence-corrected chi connectivity index (χ2v) is 4.63. The van der Waals surface area contributed by atoms with Gasteiger partial charge in [0.05, 0.1) is 19.4 Å². The number of aliphatic hydroxyl groups excluding tert-OH is 1. The van der Waals surface area contributed by atoms with E-state index in [0.29, 0.717) is 23.7 Å². The number of aliphatic hydroxyl groups is 1. The van der Waals surface area contributed by atoms with Gasteiger partial charge in [-0.1, -0.05) is 18.2 Å². The van der Waals surface area contributed by atoms with Crippen molar-refractivity contribution in [2.24, 2.45) is 0 Å². The van der Waals surface area contributed by atoms with Gasteiger partial charge in [0.25, 0.3) is 5.91 Å². The molecule has 0 aliphatic rings. The van der Waals surface area contributed by atoms with Crippen LogP contribution >= 0.6 is 0 Å². The second kappa shape index (κ2) is 7.42. The fourth-order valence-electron chi connectivity index (χ4n) is 2.15. The van der Waals surface area contributed by atoms with Crippen molar-refractivity contribution in [1.29, 1.82) is 0 Å². The summed E-state index contributed by atoms with van der Waals surface area (Å²) in [6, 6.07) is 9.13. The summed E-state index contributed by atoms with van der Waals surface area (Å²) >= 11 is 0. The standard InChI is InChI=1S/C16H19N3O3/c1-3-8-19(9-10-20)16(21)14-11-13(17-18-14)12-6-4-5-7-15(12)22-2/h3-7,11,20H,1,8-10H2,2H3,(H,17,18). The summed E-state index contributed by atoms with van der Waals surface area (Å²) in [7, 11) is 1.59. The molecule has 2 rings (SSSR count). The molecule has 0 unspecified atom stereocenters. The van der Waals surface area contributed by atoms with Crippen LogP contribution in [0.15, 0.2) is 43.0 Å². The number of aromatic amines is 1. The molecule has 1 heterocycles. The molecule has 0 spiro atoms. The SMILES string of the molecule is C=CCN(CCO)C(=O)c1cc(-c2ccccc2OC)n[nH]1. The van der Waals surface area contributed by atoms with Gasteiger partial charge in [-0.05, 0) is 18.2 Å². The third-order valence-electron chi connectivity index (χ3n) is 3.20. The van der Waals surface area contributed by atoms with Crippen molar-refractivity contribution < 1.29 is 14.6 Å². The van der Waals surface area contributed by atoms with Gasteiger partial charge < -0.3 is 14.7 Å². The number of rotatable bonds is 7. The minimum atomic E-state index is -0.234. The Balaban J connectivity index is 2.27. The van der Waals surface area contributed by atoms with Crippen LogP contribution in [0.25, 0.3) is 11.3 Å². The molecule has 0 fully saturated rings. The molecule has 1 aromatic heterocycles. The molecule has 116 valence electrons. The lowest BCUT2D eigenvalue weighted by atomic mass is 10.1. The summed E-state index contributed by atoms with van der Waals surface area (Å²) in [4.78, 5) is 13.9. The Morgan fingerprint density at radius 1 is 1.50 bits per heavy atom. The number of nitrogens with one attached hydrogen (secondary N) is 1. The first-order valence-corrected chi connectivity index (χ1v) is 6.91. The van der Waals surface area contributed by atoms with Crippen molar-refractivity contribution in [3.8, 4) is 17.0 Å². The molecule has 0 atom stereocenters. The number of carbonyl (C=O) groups excluding carboxylic acids is 1. The molecule has 0 aliphatic heterocycles. The van der Waals surface area contributed by atoms with E-state index in [-0.39, 0.29) is 19.1 Å². The van der Waals surface area contributed by atoms with E-state index >= 15 is 0 Å². The van der Waals surface area contributed by atoms with Crippen molar-refractivity contribution in [2.45, 2.75) is 0 Å². The Bertz CT molecular complexity index is 652. The molecule has 0 saturated carbocycles. The van der Waals surface area contributed by atoms with Crippen LogP contribution in [0.3, 0.4) is 0 Å². The van der Waals surface area contributed by atoms with Gasteiger partial charge in [-0.3, -0.25) is 9.89 Å². The monoisotopic (exact) mass is 301 g/mol. The van der Waals surface area contributed by atoms with Crippen LogP contribution in [0, 0.1) is 0 Å². The Hall–Kier alpha value is -2.60. The van der Waals surface area contributed by atoms with Gasteiger partial charge in [0.2, 0.25) is 0 Å². The molecular formula is C16H19N3O3. The molecule has 6 heteroatoms. The molecule has 0 aliphatic carbocycles. The predicted molar refractivity (Wildman–Crippen MR) is 83.8 cm³/mol. The van der Waals surface area contributed by atoms with E-state index in [2.05, 4.69) is 16.8 Å². The Morgan fingerprint density at radius 2 is 2.27 bits per heavy atom. The van der Waals surface area contributed by atoms with Gasteiger partial charge in [0.15, 0.2) is 0 Å². The number of H-pyrrole nitrogens is 1. The number of hydrogen-bond donors (Lipinski definition) is 2. The molecule has 0 radical (unpaired) electrons. The van der Waals surface area contributed by atoms with Gasteiger partial charge >= 0.3 is 0 Å². The van der Waals surface area contributed by atoms with Crippen LogP contribution in [0.2, 0.25) is 0 Å².